The largest absolute Gasteiger partial charge is 0.308 e. The minimum absolute atomic E-state index is 0.147. The van der Waals surface area contributed by atoms with Crippen molar-refractivity contribution in [2.75, 3.05) is 5.32 Å². The summed E-state index contributed by atoms with van der Waals surface area (Å²) >= 11 is 8.52. The highest BCUT2D eigenvalue weighted by Crippen LogP contribution is 2.26. The Hall–Kier alpha value is -1.65. The highest BCUT2D eigenvalue weighted by atomic mass is 127. The van der Waals surface area contributed by atoms with Crippen LogP contribution >= 0.6 is 46.1 Å². The molecule has 0 aliphatic carbocycles. The molecule has 0 spiro atoms. The topological polar surface area (TPSA) is 54.0 Å². The third kappa shape index (κ3) is 4.01. The maximum absolute atomic E-state index is 13.2. The molecule has 0 saturated heterocycles. The van der Waals surface area contributed by atoms with Crippen molar-refractivity contribution in [3.8, 4) is 0 Å². The fourth-order valence-electron chi connectivity index (χ4n) is 1.89. The molecule has 1 amide bonds. The van der Waals surface area contributed by atoms with Crippen molar-refractivity contribution in [3.63, 3.8) is 0 Å². The van der Waals surface area contributed by atoms with E-state index in [1.807, 2.05) is 6.07 Å². The van der Waals surface area contributed by atoms with Crippen LogP contribution < -0.4 is 10.6 Å². The number of thiocarbonyl (C=S) groups is 1. The monoisotopic (exact) mass is 457 g/mol. The van der Waals surface area contributed by atoms with E-state index in [1.165, 1.54) is 23.5 Å². The lowest BCUT2D eigenvalue weighted by Gasteiger charge is -2.07. The van der Waals surface area contributed by atoms with E-state index in [0.717, 1.165) is 3.57 Å². The second-order valence-corrected chi connectivity index (χ2v) is 7.23. The first kappa shape index (κ1) is 16.2. The molecule has 0 aliphatic rings. The summed E-state index contributed by atoms with van der Waals surface area (Å²) in [4.78, 5) is 16.4. The first-order chi connectivity index (χ1) is 11.0. The summed E-state index contributed by atoms with van der Waals surface area (Å²) in [5.41, 5.74) is 1.19. The van der Waals surface area contributed by atoms with Crippen LogP contribution in [0.25, 0.3) is 10.2 Å². The summed E-state index contributed by atoms with van der Waals surface area (Å²) in [5.74, 6) is -0.615. The van der Waals surface area contributed by atoms with Crippen molar-refractivity contribution in [2.24, 2.45) is 0 Å². The lowest BCUT2D eigenvalue weighted by Crippen LogP contribution is -2.34. The Kier molecular flexibility index (Phi) is 4.83. The van der Waals surface area contributed by atoms with E-state index >= 15 is 0 Å². The van der Waals surface area contributed by atoms with Gasteiger partial charge < -0.3 is 5.32 Å². The quantitative estimate of drug-likeness (QED) is 0.448. The van der Waals surface area contributed by atoms with Crippen LogP contribution in [0.1, 0.15) is 10.4 Å². The van der Waals surface area contributed by atoms with E-state index in [1.54, 1.807) is 24.3 Å². The maximum Gasteiger partial charge on any atom is 0.257 e. The van der Waals surface area contributed by atoms with Gasteiger partial charge in [0.05, 0.1) is 10.2 Å². The lowest BCUT2D eigenvalue weighted by molar-refractivity contribution is 0.0977. The molecule has 116 valence electrons. The van der Waals surface area contributed by atoms with Crippen LogP contribution in [0.2, 0.25) is 0 Å². The molecule has 0 fully saturated rings. The number of hydrogen-bond donors (Lipinski definition) is 2. The number of aromatic nitrogens is 1. The smallest absolute Gasteiger partial charge is 0.257 e. The third-order valence-corrected chi connectivity index (χ3v) is 4.69. The van der Waals surface area contributed by atoms with E-state index < -0.39 is 0 Å². The first-order valence-electron chi connectivity index (χ1n) is 6.45. The molecule has 1 aromatic heterocycles. The number of hydrogen-bond acceptors (Lipinski definition) is 4. The Balaban J connectivity index is 1.69. The zero-order valence-electron chi connectivity index (χ0n) is 11.5. The van der Waals surface area contributed by atoms with Crippen LogP contribution in [-0.2, 0) is 0 Å². The van der Waals surface area contributed by atoms with Gasteiger partial charge in [0.25, 0.3) is 5.91 Å². The lowest BCUT2D eigenvalue weighted by atomic mass is 10.2. The fraction of sp³-hybridized carbons (Fsp3) is 0. The number of halogens is 2. The average Bonchev–Trinajstić information content (AvgIpc) is 2.88. The molecule has 2 N–H and O–H groups in total. The van der Waals surface area contributed by atoms with Gasteiger partial charge >= 0.3 is 0 Å². The average molecular weight is 457 g/mol. The van der Waals surface area contributed by atoms with Gasteiger partial charge in [0.15, 0.2) is 10.2 Å². The Labute approximate surface area is 154 Å². The van der Waals surface area contributed by atoms with E-state index in [9.17, 15) is 9.18 Å². The van der Waals surface area contributed by atoms with E-state index in [2.05, 4.69) is 38.2 Å². The normalized spacial score (nSPS) is 10.5. The van der Waals surface area contributed by atoms with Gasteiger partial charge in [-0.1, -0.05) is 17.4 Å². The summed E-state index contributed by atoms with van der Waals surface area (Å²) in [6, 6.07) is 11.5. The van der Waals surface area contributed by atoms with Crippen LogP contribution in [0.15, 0.2) is 42.5 Å². The molecule has 0 radical (unpaired) electrons. The van der Waals surface area contributed by atoms with Gasteiger partial charge in [0.2, 0.25) is 0 Å². The molecule has 0 saturated carbocycles. The number of fused-ring (bicyclic) bond motifs is 1. The summed E-state index contributed by atoms with van der Waals surface area (Å²) < 4.78 is 14.8. The molecule has 3 aromatic rings. The summed E-state index contributed by atoms with van der Waals surface area (Å²) in [7, 11) is 0. The Morgan fingerprint density at radius 2 is 2.09 bits per heavy atom. The minimum atomic E-state index is -0.317. The van der Waals surface area contributed by atoms with Crippen molar-refractivity contribution < 1.29 is 9.18 Å². The van der Waals surface area contributed by atoms with Gasteiger partial charge in [-0.05, 0) is 71.2 Å². The molecule has 0 aliphatic heterocycles. The molecule has 2 aromatic carbocycles. The molecule has 0 atom stereocenters. The fourth-order valence-corrected chi connectivity index (χ4v) is 3.58. The number of rotatable bonds is 2. The molecule has 4 nitrogen and oxygen atoms in total. The summed E-state index contributed by atoms with van der Waals surface area (Å²) in [6.45, 7) is 0. The Morgan fingerprint density at radius 3 is 2.87 bits per heavy atom. The van der Waals surface area contributed by atoms with Gasteiger partial charge in [-0.3, -0.25) is 10.1 Å². The zero-order chi connectivity index (χ0) is 16.4. The molecule has 1 heterocycles. The molecular weight excluding hydrogens is 448 g/mol. The van der Waals surface area contributed by atoms with Gasteiger partial charge in [-0.25, -0.2) is 9.37 Å². The van der Waals surface area contributed by atoms with Crippen LogP contribution in [0, 0.1) is 9.39 Å². The standard InChI is InChI=1S/C15H9FIN3OS2/c16-9-4-5-11-12(7-9)23-15(18-11)20-14(22)19-13(21)8-2-1-3-10(17)6-8/h1-7H,(H2,18,19,20,21,22). The highest BCUT2D eigenvalue weighted by molar-refractivity contribution is 14.1. The Bertz CT molecular complexity index is 913. The van der Waals surface area contributed by atoms with Crippen molar-refractivity contribution in [1.29, 1.82) is 0 Å². The Morgan fingerprint density at radius 1 is 1.26 bits per heavy atom. The highest BCUT2D eigenvalue weighted by Gasteiger charge is 2.10. The predicted molar refractivity (Wildman–Crippen MR) is 102 cm³/mol. The van der Waals surface area contributed by atoms with E-state index in [4.69, 9.17) is 12.2 Å². The van der Waals surface area contributed by atoms with Crippen molar-refractivity contribution in [3.05, 3.63) is 57.4 Å². The third-order valence-electron chi connectivity index (χ3n) is 2.88. The van der Waals surface area contributed by atoms with Crippen molar-refractivity contribution >= 4 is 72.5 Å². The van der Waals surface area contributed by atoms with E-state index in [0.29, 0.717) is 20.9 Å². The van der Waals surface area contributed by atoms with Crippen LogP contribution in [-0.4, -0.2) is 16.0 Å². The van der Waals surface area contributed by atoms with Crippen molar-refractivity contribution in [1.82, 2.24) is 10.3 Å². The summed E-state index contributed by atoms with van der Waals surface area (Å²) in [5, 5.41) is 6.09. The van der Waals surface area contributed by atoms with Crippen LogP contribution in [0.5, 0.6) is 0 Å². The SMILES string of the molecule is O=C(NC(=S)Nc1nc2ccc(F)cc2s1)c1cccc(I)c1. The van der Waals surface area contributed by atoms with Crippen LogP contribution in [0.4, 0.5) is 9.52 Å². The van der Waals surface area contributed by atoms with Crippen LogP contribution in [0.3, 0.4) is 0 Å². The van der Waals surface area contributed by atoms with Gasteiger partial charge in [-0.2, -0.15) is 0 Å². The van der Waals surface area contributed by atoms with Gasteiger partial charge in [0, 0.05) is 9.13 Å². The number of nitrogens with one attached hydrogen (secondary N) is 2. The maximum atomic E-state index is 13.2. The molecule has 8 heteroatoms. The number of nitrogens with zero attached hydrogens (tertiary/aromatic N) is 1. The first-order valence-corrected chi connectivity index (χ1v) is 8.75. The molecule has 0 bridgehead atoms. The molecule has 0 unspecified atom stereocenters. The van der Waals surface area contributed by atoms with E-state index in [-0.39, 0.29) is 16.8 Å². The molecule has 23 heavy (non-hydrogen) atoms. The number of thiazole rings is 1. The van der Waals surface area contributed by atoms with Gasteiger partial charge in [0.1, 0.15) is 5.82 Å². The molecular formula is C15H9FIN3OS2. The number of amides is 1. The van der Waals surface area contributed by atoms with Gasteiger partial charge in [-0.15, -0.1) is 0 Å². The number of benzene rings is 2. The predicted octanol–water partition coefficient (Wildman–Crippen LogP) is 4.17. The summed E-state index contributed by atoms with van der Waals surface area (Å²) in [6.07, 6.45) is 0. The second-order valence-electron chi connectivity index (χ2n) is 4.55. The number of anilines is 1. The molecule has 3 rings (SSSR count). The van der Waals surface area contributed by atoms with Crippen molar-refractivity contribution in [2.45, 2.75) is 0 Å². The zero-order valence-corrected chi connectivity index (χ0v) is 15.3. The second kappa shape index (κ2) is 6.85. The minimum Gasteiger partial charge on any atom is -0.308 e. The number of carbonyl (C=O) groups excluding carboxylic acids is 1. The number of carbonyl (C=O) groups is 1.